The Morgan fingerprint density at radius 3 is 2.63 bits per heavy atom. The van der Waals surface area contributed by atoms with Crippen LogP contribution in [-0.2, 0) is 6.42 Å². The van der Waals surface area contributed by atoms with Gasteiger partial charge in [0.15, 0.2) is 0 Å². The zero-order valence-corrected chi connectivity index (χ0v) is 10.7. The van der Waals surface area contributed by atoms with Crippen molar-refractivity contribution in [3.63, 3.8) is 0 Å². The summed E-state index contributed by atoms with van der Waals surface area (Å²) in [5.74, 6) is 0.373. The number of rotatable bonds is 3. The third-order valence-corrected chi connectivity index (χ3v) is 4.54. The molecule has 3 aliphatic rings. The van der Waals surface area contributed by atoms with Gasteiger partial charge in [0.05, 0.1) is 11.0 Å². The molecule has 2 bridgehead atoms. The summed E-state index contributed by atoms with van der Waals surface area (Å²) in [6.07, 6.45) is 2.32. The number of aliphatic hydroxyl groups excluding tert-OH is 1. The Labute approximate surface area is 112 Å². The average Bonchev–Trinajstić information content (AvgIpc) is 2.43. The van der Waals surface area contributed by atoms with Crippen LogP contribution in [-0.4, -0.2) is 40.2 Å². The fraction of sp³-hybridized carbons (Fsp3) is 0.571. The molecule has 0 amide bonds. The summed E-state index contributed by atoms with van der Waals surface area (Å²) in [7, 11) is 0. The molecule has 0 spiro atoms. The number of hydrogen-bond acceptors (Lipinski definition) is 4. The zero-order valence-electron chi connectivity index (χ0n) is 10.7. The van der Waals surface area contributed by atoms with Crippen molar-refractivity contribution in [3.8, 4) is 0 Å². The van der Waals surface area contributed by atoms with E-state index in [1.54, 1.807) is 12.1 Å². The van der Waals surface area contributed by atoms with Crippen LogP contribution in [0.2, 0.25) is 0 Å². The molecule has 1 aromatic carbocycles. The molecule has 0 aliphatic carbocycles. The summed E-state index contributed by atoms with van der Waals surface area (Å²) in [5.41, 5.74) is 0.890. The molecule has 102 valence electrons. The number of hydrogen-bond donors (Lipinski definition) is 1. The lowest BCUT2D eigenvalue weighted by Gasteiger charge is -2.49. The van der Waals surface area contributed by atoms with Crippen molar-refractivity contribution < 1.29 is 10.0 Å². The molecular weight excluding hydrogens is 244 g/mol. The highest BCUT2D eigenvalue weighted by atomic mass is 16.6. The lowest BCUT2D eigenvalue weighted by molar-refractivity contribution is -0.385. The predicted octanol–water partition coefficient (Wildman–Crippen LogP) is 1.59. The number of benzene rings is 1. The molecule has 4 rings (SSSR count). The second kappa shape index (κ2) is 4.90. The van der Waals surface area contributed by atoms with Crippen LogP contribution in [0.25, 0.3) is 0 Å². The van der Waals surface area contributed by atoms with E-state index in [2.05, 4.69) is 4.90 Å². The molecule has 3 fully saturated rings. The first kappa shape index (κ1) is 12.6. The first-order chi connectivity index (χ1) is 9.16. The van der Waals surface area contributed by atoms with Crippen LogP contribution in [0, 0.1) is 16.0 Å². The Morgan fingerprint density at radius 1 is 1.32 bits per heavy atom. The van der Waals surface area contributed by atoms with Gasteiger partial charge in [-0.1, -0.05) is 18.2 Å². The van der Waals surface area contributed by atoms with Gasteiger partial charge < -0.3 is 5.11 Å². The van der Waals surface area contributed by atoms with E-state index in [1.165, 1.54) is 6.07 Å². The van der Waals surface area contributed by atoms with Crippen molar-refractivity contribution >= 4 is 5.69 Å². The predicted molar refractivity (Wildman–Crippen MR) is 70.9 cm³/mol. The van der Waals surface area contributed by atoms with E-state index in [1.807, 2.05) is 6.07 Å². The van der Waals surface area contributed by atoms with E-state index in [-0.39, 0.29) is 22.8 Å². The molecule has 3 aliphatic heterocycles. The van der Waals surface area contributed by atoms with Crippen molar-refractivity contribution in [1.29, 1.82) is 0 Å². The van der Waals surface area contributed by atoms with Crippen LogP contribution in [0.5, 0.6) is 0 Å². The van der Waals surface area contributed by atoms with E-state index in [9.17, 15) is 15.2 Å². The highest BCUT2D eigenvalue weighted by molar-refractivity contribution is 5.40. The standard InChI is InChI=1S/C14H18N2O3/c17-14-10-5-7-15(8-6-10)13(14)9-11-3-1-2-4-12(11)16(18)19/h1-4,10,13-14,17H,5-9H2. The normalized spacial score (nSPS) is 33.3. The summed E-state index contributed by atoms with van der Waals surface area (Å²) in [6, 6.07) is 6.89. The number of nitro benzene ring substituents is 1. The molecular formula is C14H18N2O3. The van der Waals surface area contributed by atoms with Crippen LogP contribution in [0.15, 0.2) is 24.3 Å². The van der Waals surface area contributed by atoms with E-state index >= 15 is 0 Å². The van der Waals surface area contributed by atoms with Gasteiger partial charge in [0, 0.05) is 17.7 Å². The molecule has 3 saturated heterocycles. The Morgan fingerprint density at radius 2 is 2.00 bits per heavy atom. The molecule has 2 unspecified atom stereocenters. The molecule has 5 heteroatoms. The Bertz CT molecular complexity index is 481. The summed E-state index contributed by atoms with van der Waals surface area (Å²) in [4.78, 5) is 13.0. The summed E-state index contributed by atoms with van der Waals surface area (Å²) >= 11 is 0. The maximum absolute atomic E-state index is 11.0. The van der Waals surface area contributed by atoms with Crippen LogP contribution in [0.1, 0.15) is 18.4 Å². The monoisotopic (exact) mass is 262 g/mol. The minimum absolute atomic E-state index is 0.0357. The van der Waals surface area contributed by atoms with Gasteiger partial charge in [-0.2, -0.15) is 0 Å². The van der Waals surface area contributed by atoms with E-state index in [0.29, 0.717) is 12.3 Å². The molecule has 1 aromatic rings. The Balaban J connectivity index is 1.83. The first-order valence-corrected chi connectivity index (χ1v) is 6.81. The largest absolute Gasteiger partial charge is 0.391 e. The second-order valence-electron chi connectivity index (χ2n) is 5.52. The molecule has 2 atom stereocenters. The molecule has 3 heterocycles. The van der Waals surface area contributed by atoms with Gasteiger partial charge in [0.1, 0.15) is 0 Å². The van der Waals surface area contributed by atoms with Gasteiger partial charge in [-0.3, -0.25) is 15.0 Å². The summed E-state index contributed by atoms with van der Waals surface area (Å²) in [6.45, 7) is 2.01. The van der Waals surface area contributed by atoms with E-state index in [0.717, 1.165) is 31.5 Å². The van der Waals surface area contributed by atoms with Gasteiger partial charge in [-0.15, -0.1) is 0 Å². The SMILES string of the molecule is O=[N+]([O-])c1ccccc1CC1C(O)C2CCN1CC2. The number of aliphatic hydroxyl groups is 1. The maximum Gasteiger partial charge on any atom is 0.272 e. The molecule has 19 heavy (non-hydrogen) atoms. The number of piperidine rings is 3. The van der Waals surface area contributed by atoms with Crippen molar-refractivity contribution in [2.45, 2.75) is 31.4 Å². The zero-order chi connectivity index (χ0) is 13.4. The number of nitro groups is 1. The smallest absolute Gasteiger partial charge is 0.272 e. The second-order valence-corrected chi connectivity index (χ2v) is 5.52. The summed E-state index contributed by atoms with van der Waals surface area (Å²) in [5, 5.41) is 21.4. The third-order valence-electron chi connectivity index (χ3n) is 4.54. The van der Waals surface area contributed by atoms with Crippen LogP contribution in [0.4, 0.5) is 5.69 Å². The van der Waals surface area contributed by atoms with Crippen molar-refractivity contribution in [1.82, 2.24) is 4.90 Å². The van der Waals surface area contributed by atoms with Crippen LogP contribution >= 0.6 is 0 Å². The summed E-state index contributed by atoms with van der Waals surface area (Å²) < 4.78 is 0. The van der Waals surface area contributed by atoms with Gasteiger partial charge in [-0.05, 0) is 38.3 Å². The van der Waals surface area contributed by atoms with Crippen molar-refractivity contribution in [2.75, 3.05) is 13.1 Å². The molecule has 0 aromatic heterocycles. The highest BCUT2D eigenvalue weighted by Gasteiger charge is 2.41. The van der Waals surface area contributed by atoms with E-state index < -0.39 is 0 Å². The Kier molecular flexibility index (Phi) is 3.24. The number of para-hydroxylation sites is 1. The van der Waals surface area contributed by atoms with Gasteiger partial charge in [0.25, 0.3) is 5.69 Å². The minimum atomic E-state index is -0.345. The fourth-order valence-corrected chi connectivity index (χ4v) is 3.46. The quantitative estimate of drug-likeness (QED) is 0.663. The van der Waals surface area contributed by atoms with Crippen LogP contribution < -0.4 is 0 Å². The van der Waals surface area contributed by atoms with Crippen LogP contribution in [0.3, 0.4) is 0 Å². The lowest BCUT2D eigenvalue weighted by Crippen LogP contribution is -2.58. The third kappa shape index (κ3) is 2.24. The minimum Gasteiger partial charge on any atom is -0.391 e. The van der Waals surface area contributed by atoms with E-state index in [4.69, 9.17) is 0 Å². The van der Waals surface area contributed by atoms with Gasteiger partial charge in [0.2, 0.25) is 0 Å². The van der Waals surface area contributed by atoms with Gasteiger partial charge >= 0.3 is 0 Å². The highest BCUT2D eigenvalue weighted by Crippen LogP contribution is 2.34. The molecule has 5 nitrogen and oxygen atoms in total. The van der Waals surface area contributed by atoms with Crippen molar-refractivity contribution in [3.05, 3.63) is 39.9 Å². The van der Waals surface area contributed by atoms with Crippen molar-refractivity contribution in [2.24, 2.45) is 5.92 Å². The molecule has 0 saturated carbocycles. The lowest BCUT2D eigenvalue weighted by atomic mass is 9.78. The fourth-order valence-electron chi connectivity index (χ4n) is 3.46. The molecule has 0 radical (unpaired) electrons. The number of nitrogens with zero attached hydrogens (tertiary/aromatic N) is 2. The Hall–Kier alpha value is -1.46. The first-order valence-electron chi connectivity index (χ1n) is 6.81. The molecule has 1 N–H and O–H groups in total. The average molecular weight is 262 g/mol. The number of fused-ring (bicyclic) bond motifs is 3. The maximum atomic E-state index is 11.0. The topological polar surface area (TPSA) is 66.6 Å². The van der Waals surface area contributed by atoms with Gasteiger partial charge in [-0.25, -0.2) is 0 Å².